The molecule has 0 saturated carbocycles. The van der Waals surface area contributed by atoms with Crippen LogP contribution >= 0.6 is 0 Å². The molecule has 0 spiro atoms. The number of rotatable bonds is 2. The molecule has 2 heteroatoms. The van der Waals surface area contributed by atoms with Gasteiger partial charge in [-0.25, -0.2) is 0 Å². The third kappa shape index (κ3) is 2.34. The van der Waals surface area contributed by atoms with Gasteiger partial charge in [-0.3, -0.25) is 0 Å². The Bertz CT molecular complexity index is 52.6. The Hall–Kier alpha value is 0.0983. The molecule has 0 N–H and O–H groups in total. The molecule has 0 aliphatic carbocycles. The van der Waals surface area contributed by atoms with Crippen molar-refractivity contribution in [2.24, 2.45) is 0 Å². The summed E-state index contributed by atoms with van der Waals surface area (Å²) in [6.45, 7) is 5.07. The van der Waals surface area contributed by atoms with Gasteiger partial charge in [0.15, 0.2) is 0 Å². The van der Waals surface area contributed by atoms with Crippen LogP contribution in [0.2, 0.25) is 0 Å². The van der Waals surface area contributed by atoms with E-state index in [1.54, 1.807) is 0 Å². The molecule has 0 rings (SSSR count). The zero-order valence-corrected chi connectivity index (χ0v) is 6.52. The third-order valence-electron chi connectivity index (χ3n) is 0.401. The topological polar surface area (TPSA) is 3.24 Å². The minimum atomic E-state index is 1.41. The van der Waals surface area contributed by atoms with E-state index < -0.39 is 0 Å². The summed E-state index contributed by atoms with van der Waals surface area (Å²) in [7, 11) is 1.90. The van der Waals surface area contributed by atoms with Crippen LogP contribution in [0.25, 0.3) is 0 Å². The maximum atomic E-state index is 5.07. The van der Waals surface area contributed by atoms with Crippen molar-refractivity contribution in [3.63, 3.8) is 0 Å². The molecule has 0 atom stereocenters. The van der Waals surface area contributed by atoms with E-state index in [1.807, 2.05) is 16.5 Å². The summed E-state index contributed by atoms with van der Waals surface area (Å²) in [6, 6.07) is 0. The summed E-state index contributed by atoms with van der Waals surface area (Å²) in [5.41, 5.74) is 0. The summed E-state index contributed by atoms with van der Waals surface area (Å²) in [5, 5.41) is 0. The molecule has 0 aromatic carbocycles. The monoisotopic (exact) mass is 252 g/mol. The van der Waals surface area contributed by atoms with Gasteiger partial charge in [-0.2, -0.15) is 0 Å². The molecule has 0 radical (unpaired) electrons. The second-order valence-corrected chi connectivity index (χ2v) is 1.68. The predicted octanol–water partition coefficient (Wildman–Crippen LogP) is 0.171. The quantitative estimate of drug-likeness (QED) is 0.633. The van der Waals surface area contributed by atoms with E-state index in [1.165, 1.54) is 25.6 Å². The molecule has 0 amide bonds. The normalized spacial score (nSPS) is 6.83. The van der Waals surface area contributed by atoms with E-state index in [4.69, 9.17) is 6.58 Å². The van der Waals surface area contributed by atoms with Crippen LogP contribution in [0.3, 0.4) is 0 Å². The second-order valence-electron chi connectivity index (χ2n) is 0.920. The van der Waals surface area contributed by atoms with Gasteiger partial charge in [0.1, 0.15) is 0 Å². The van der Waals surface area contributed by atoms with Crippen molar-refractivity contribution < 1.29 is 19.4 Å². The van der Waals surface area contributed by atoms with Crippen LogP contribution in [0.4, 0.5) is 0 Å². The third-order valence-corrected chi connectivity index (χ3v) is 1.60. The fourth-order valence-corrected chi connectivity index (χ4v) is 0.288. The maximum absolute atomic E-state index is 5.07. The summed E-state index contributed by atoms with van der Waals surface area (Å²) in [4.78, 5) is 1.81. The molecule has 0 aromatic heterocycles. The van der Waals surface area contributed by atoms with E-state index in [-0.39, 0.29) is 0 Å². The van der Waals surface area contributed by atoms with Gasteiger partial charge in [-0.1, -0.05) is 0 Å². The van der Waals surface area contributed by atoms with Crippen molar-refractivity contribution in [2.45, 2.75) is 0 Å². The summed E-state index contributed by atoms with van der Waals surface area (Å²) >= 11 is 1.41. The molecule has 0 aromatic rings. The Balaban J connectivity index is 3.21. The van der Waals surface area contributed by atoms with Crippen molar-refractivity contribution in [1.82, 2.24) is 4.90 Å². The second kappa shape index (κ2) is 3.29. The molecule has 0 aliphatic rings. The summed E-state index contributed by atoms with van der Waals surface area (Å²) < 4.78 is 1.96. The number of nitrogens with zero attached hydrogens (tertiary/aromatic N) is 1. The molecule has 34 valence electrons. The first-order valence-corrected chi connectivity index (χ1v) is 3.23. The standard InChI is InChI=1S/C4H6N.W/c1-4-5(2)3;/h1-2,4H,3H3;/q-1;. The molecular formula is C4H6NW-. The van der Waals surface area contributed by atoms with E-state index in [2.05, 4.69) is 0 Å². The van der Waals surface area contributed by atoms with E-state index in [0.717, 1.165) is 0 Å². The van der Waals surface area contributed by atoms with Gasteiger partial charge in [-0.05, 0) is 0 Å². The fourth-order valence-electron chi connectivity index (χ4n) is 0.0351. The van der Waals surface area contributed by atoms with E-state index in [0.29, 0.717) is 0 Å². The zero-order valence-electron chi connectivity index (χ0n) is 3.59. The van der Waals surface area contributed by atoms with Gasteiger partial charge in [0.25, 0.3) is 0 Å². The Morgan fingerprint density at radius 1 is 1.83 bits per heavy atom. The predicted molar refractivity (Wildman–Crippen MR) is 22.7 cm³/mol. The van der Waals surface area contributed by atoms with Crippen molar-refractivity contribution in [3.8, 4) is 0 Å². The number of hydrogen-bond donors (Lipinski definition) is 0. The van der Waals surface area contributed by atoms with Gasteiger partial charge in [0, 0.05) is 0 Å². The Morgan fingerprint density at radius 2 is 2.33 bits per heavy atom. The van der Waals surface area contributed by atoms with E-state index in [9.17, 15) is 0 Å². The van der Waals surface area contributed by atoms with Gasteiger partial charge in [0.2, 0.25) is 0 Å². The first-order chi connectivity index (χ1) is 2.81. The average Bonchev–Trinajstić information content (AvgIpc) is 1.65. The van der Waals surface area contributed by atoms with Crippen LogP contribution in [0.5, 0.6) is 0 Å². The first-order valence-electron chi connectivity index (χ1n) is 1.53. The zero-order chi connectivity index (χ0) is 4.99. The van der Waals surface area contributed by atoms with Crippen LogP contribution in [0.15, 0.2) is 6.20 Å². The van der Waals surface area contributed by atoms with Gasteiger partial charge in [0.05, 0.1) is 0 Å². The van der Waals surface area contributed by atoms with Gasteiger partial charge in [-0.15, -0.1) is 0 Å². The van der Waals surface area contributed by atoms with Crippen molar-refractivity contribution in [2.75, 3.05) is 7.05 Å². The minimum absolute atomic E-state index is 1.41. The SMILES string of the molecule is [CH-]=CN(C)[CH]=[W]. The molecule has 0 fully saturated rings. The molecule has 6 heavy (non-hydrogen) atoms. The first kappa shape index (κ1) is 6.10. The molecule has 1 nitrogen and oxygen atoms in total. The molecule has 0 heterocycles. The Labute approximate surface area is 49.1 Å². The van der Waals surface area contributed by atoms with Crippen molar-refractivity contribution in [3.05, 3.63) is 12.8 Å². The summed E-state index contributed by atoms with van der Waals surface area (Å²) in [5.74, 6) is 0. The van der Waals surface area contributed by atoms with Crippen LogP contribution < -0.4 is 0 Å². The summed E-state index contributed by atoms with van der Waals surface area (Å²) in [6.07, 6.45) is 1.52. The van der Waals surface area contributed by atoms with Crippen LogP contribution in [0.1, 0.15) is 0 Å². The Kier molecular flexibility index (Phi) is 3.35. The Morgan fingerprint density at radius 3 is 2.33 bits per heavy atom. The fraction of sp³-hybridized carbons (Fsp3) is 0.250. The van der Waals surface area contributed by atoms with Crippen LogP contribution in [-0.2, 0) is 19.4 Å². The van der Waals surface area contributed by atoms with Gasteiger partial charge >= 0.3 is 48.6 Å². The molecule has 0 aliphatic heterocycles. The average molecular weight is 252 g/mol. The number of hydrogen-bond acceptors (Lipinski definition) is 1. The molecule has 0 unspecified atom stereocenters. The molecule has 0 saturated heterocycles. The van der Waals surface area contributed by atoms with Gasteiger partial charge < -0.3 is 0 Å². The molecular weight excluding hydrogens is 246 g/mol. The van der Waals surface area contributed by atoms with Crippen molar-refractivity contribution in [1.29, 1.82) is 0 Å². The molecule has 0 bridgehead atoms. The van der Waals surface area contributed by atoms with Crippen molar-refractivity contribution >= 4 is 4.52 Å². The van der Waals surface area contributed by atoms with Crippen LogP contribution in [0, 0.1) is 6.58 Å². The van der Waals surface area contributed by atoms with Crippen LogP contribution in [-0.4, -0.2) is 16.5 Å². The van der Waals surface area contributed by atoms with E-state index >= 15 is 0 Å².